The van der Waals surface area contributed by atoms with E-state index in [0.29, 0.717) is 23.4 Å². The van der Waals surface area contributed by atoms with Gasteiger partial charge in [0.05, 0.1) is 6.61 Å². The third-order valence-corrected chi connectivity index (χ3v) is 3.10. The second-order valence-corrected chi connectivity index (χ2v) is 5.17. The lowest BCUT2D eigenvalue weighted by molar-refractivity contribution is 0.111. The van der Waals surface area contributed by atoms with Gasteiger partial charge in [0.1, 0.15) is 12.6 Å². The van der Waals surface area contributed by atoms with E-state index in [2.05, 4.69) is 26.0 Å². The van der Waals surface area contributed by atoms with Crippen LogP contribution >= 0.6 is 15.9 Å². The van der Waals surface area contributed by atoms with Gasteiger partial charge in [-0.1, -0.05) is 28.1 Å². The van der Waals surface area contributed by atoms with Gasteiger partial charge in [0.2, 0.25) is 0 Å². The third-order valence-electron chi connectivity index (χ3n) is 2.57. The van der Waals surface area contributed by atoms with Crippen LogP contribution in [0.1, 0.15) is 27.6 Å². The summed E-state index contributed by atoms with van der Waals surface area (Å²) >= 11 is 3.26. The molecule has 0 heterocycles. The largest absolute Gasteiger partial charge is 0.450 e. The van der Waals surface area contributed by atoms with Gasteiger partial charge in [0.15, 0.2) is 0 Å². The molecule has 0 aliphatic rings. The Kier molecular flexibility index (Phi) is 8.31. The van der Waals surface area contributed by atoms with Crippen molar-refractivity contribution in [2.75, 3.05) is 11.9 Å². The SMILES string of the molecule is CCOC(=O)Nc1ccc(C=O)cc1.O=Cc1ccc(Br)cc1. The van der Waals surface area contributed by atoms with Crippen molar-refractivity contribution in [2.24, 2.45) is 0 Å². The van der Waals surface area contributed by atoms with Crippen LogP contribution in [0.3, 0.4) is 0 Å². The molecule has 5 nitrogen and oxygen atoms in total. The molecular weight excluding hydrogens is 362 g/mol. The Balaban J connectivity index is 0.000000253. The first-order valence-electron chi connectivity index (χ1n) is 6.78. The van der Waals surface area contributed by atoms with Crippen molar-refractivity contribution < 1.29 is 19.1 Å². The highest BCUT2D eigenvalue weighted by Crippen LogP contribution is 2.09. The summed E-state index contributed by atoms with van der Waals surface area (Å²) in [5.41, 5.74) is 1.88. The Morgan fingerprint density at radius 3 is 1.91 bits per heavy atom. The number of nitrogens with one attached hydrogen (secondary N) is 1. The van der Waals surface area contributed by atoms with Gasteiger partial charge in [-0.15, -0.1) is 0 Å². The molecule has 1 amide bonds. The molecule has 6 heteroatoms. The molecule has 2 rings (SSSR count). The molecule has 0 fully saturated rings. The normalized spacial score (nSPS) is 9.13. The smallest absolute Gasteiger partial charge is 0.411 e. The molecule has 120 valence electrons. The van der Waals surface area contributed by atoms with Crippen molar-refractivity contribution in [3.8, 4) is 0 Å². The van der Waals surface area contributed by atoms with Crippen molar-refractivity contribution in [3.63, 3.8) is 0 Å². The van der Waals surface area contributed by atoms with E-state index in [1.54, 1.807) is 43.3 Å². The first-order valence-corrected chi connectivity index (χ1v) is 7.58. The molecule has 2 aromatic rings. The van der Waals surface area contributed by atoms with E-state index in [1.165, 1.54) is 0 Å². The van der Waals surface area contributed by atoms with Crippen LogP contribution in [-0.4, -0.2) is 25.3 Å². The average Bonchev–Trinajstić information content (AvgIpc) is 2.57. The molecule has 0 atom stereocenters. The summed E-state index contributed by atoms with van der Waals surface area (Å²) in [6.07, 6.45) is 1.08. The summed E-state index contributed by atoms with van der Waals surface area (Å²) in [5, 5.41) is 2.52. The second kappa shape index (κ2) is 10.3. The summed E-state index contributed by atoms with van der Waals surface area (Å²) in [7, 11) is 0. The van der Waals surface area contributed by atoms with Crippen LogP contribution in [0.25, 0.3) is 0 Å². The Labute approximate surface area is 142 Å². The number of halogens is 1. The predicted molar refractivity (Wildman–Crippen MR) is 92.0 cm³/mol. The molecule has 0 saturated heterocycles. The zero-order valence-corrected chi connectivity index (χ0v) is 14.1. The van der Waals surface area contributed by atoms with Gasteiger partial charge < -0.3 is 4.74 Å². The maximum absolute atomic E-state index is 11.0. The van der Waals surface area contributed by atoms with Gasteiger partial charge in [-0.3, -0.25) is 14.9 Å². The Morgan fingerprint density at radius 1 is 1.00 bits per heavy atom. The lowest BCUT2D eigenvalue weighted by Crippen LogP contribution is -2.13. The maximum Gasteiger partial charge on any atom is 0.411 e. The highest BCUT2D eigenvalue weighted by atomic mass is 79.9. The quantitative estimate of drug-likeness (QED) is 0.804. The van der Waals surface area contributed by atoms with Crippen molar-refractivity contribution in [2.45, 2.75) is 6.92 Å². The second-order valence-electron chi connectivity index (χ2n) is 4.25. The van der Waals surface area contributed by atoms with Crippen molar-refractivity contribution in [1.29, 1.82) is 0 Å². The Bertz CT molecular complexity index is 639. The molecule has 2 aromatic carbocycles. The number of aldehydes is 2. The molecule has 0 saturated carbocycles. The molecule has 0 unspecified atom stereocenters. The monoisotopic (exact) mass is 377 g/mol. The lowest BCUT2D eigenvalue weighted by atomic mass is 10.2. The Hall–Kier alpha value is -2.47. The molecule has 0 radical (unpaired) electrons. The summed E-state index contributed by atoms with van der Waals surface area (Å²) in [6.45, 7) is 2.06. The van der Waals surface area contributed by atoms with Gasteiger partial charge in [0, 0.05) is 21.3 Å². The molecule has 0 bridgehead atoms. The number of rotatable bonds is 4. The van der Waals surface area contributed by atoms with Crippen molar-refractivity contribution >= 4 is 40.3 Å². The van der Waals surface area contributed by atoms with Crippen LogP contribution in [0, 0.1) is 0 Å². The van der Waals surface area contributed by atoms with Crippen molar-refractivity contribution in [3.05, 3.63) is 64.1 Å². The van der Waals surface area contributed by atoms with Gasteiger partial charge in [0.25, 0.3) is 0 Å². The van der Waals surface area contributed by atoms with Gasteiger partial charge >= 0.3 is 6.09 Å². The number of anilines is 1. The van der Waals surface area contributed by atoms with E-state index in [4.69, 9.17) is 0 Å². The van der Waals surface area contributed by atoms with Crippen LogP contribution in [0.15, 0.2) is 53.0 Å². The van der Waals surface area contributed by atoms with E-state index < -0.39 is 6.09 Å². The molecule has 0 aliphatic heterocycles. The maximum atomic E-state index is 11.0. The van der Waals surface area contributed by atoms with E-state index in [1.807, 2.05) is 12.1 Å². The van der Waals surface area contributed by atoms with Crippen LogP contribution in [0.5, 0.6) is 0 Å². The number of benzene rings is 2. The van der Waals surface area contributed by atoms with Gasteiger partial charge in [-0.25, -0.2) is 4.79 Å². The number of carbonyl (C=O) groups excluding carboxylic acids is 3. The number of carbonyl (C=O) groups is 3. The standard InChI is InChI=1S/C10H11NO3.C7H5BrO/c1-2-14-10(13)11-9-5-3-8(7-12)4-6-9;8-7-3-1-6(5-9)2-4-7/h3-7H,2H2,1H3,(H,11,13);1-5H. The molecule has 23 heavy (non-hydrogen) atoms. The first kappa shape index (κ1) is 18.6. The van der Waals surface area contributed by atoms with E-state index >= 15 is 0 Å². The third kappa shape index (κ3) is 7.37. The first-order chi connectivity index (χ1) is 11.1. The molecule has 0 aliphatic carbocycles. The molecule has 0 aromatic heterocycles. The lowest BCUT2D eigenvalue weighted by Gasteiger charge is -2.04. The molecular formula is C17H16BrNO4. The summed E-state index contributed by atoms with van der Waals surface area (Å²) in [5.74, 6) is 0. The summed E-state index contributed by atoms with van der Waals surface area (Å²) < 4.78 is 5.68. The fourth-order valence-corrected chi connectivity index (χ4v) is 1.74. The minimum atomic E-state index is -0.494. The minimum absolute atomic E-state index is 0.332. The Morgan fingerprint density at radius 2 is 1.48 bits per heavy atom. The zero-order valence-electron chi connectivity index (χ0n) is 12.5. The van der Waals surface area contributed by atoms with Gasteiger partial charge in [-0.05, 0) is 43.3 Å². The predicted octanol–water partition coefficient (Wildman–Crippen LogP) is 4.33. The minimum Gasteiger partial charge on any atom is -0.450 e. The molecule has 1 N–H and O–H groups in total. The fourth-order valence-electron chi connectivity index (χ4n) is 1.47. The van der Waals surface area contributed by atoms with Crippen molar-refractivity contribution in [1.82, 2.24) is 0 Å². The number of hydrogen-bond acceptors (Lipinski definition) is 4. The summed E-state index contributed by atoms with van der Waals surface area (Å²) in [6, 6.07) is 13.7. The molecule has 0 spiro atoms. The van der Waals surface area contributed by atoms with E-state index in [0.717, 1.165) is 17.0 Å². The van der Waals surface area contributed by atoms with E-state index in [9.17, 15) is 14.4 Å². The number of hydrogen-bond donors (Lipinski definition) is 1. The summed E-state index contributed by atoms with van der Waals surface area (Å²) in [4.78, 5) is 31.4. The van der Waals surface area contributed by atoms with Crippen LogP contribution < -0.4 is 5.32 Å². The number of ether oxygens (including phenoxy) is 1. The fraction of sp³-hybridized carbons (Fsp3) is 0.118. The van der Waals surface area contributed by atoms with E-state index in [-0.39, 0.29) is 0 Å². The van der Waals surface area contributed by atoms with Gasteiger partial charge in [-0.2, -0.15) is 0 Å². The topological polar surface area (TPSA) is 72.5 Å². The van der Waals surface area contributed by atoms with Crippen LogP contribution in [0.2, 0.25) is 0 Å². The van der Waals surface area contributed by atoms with Crippen LogP contribution in [-0.2, 0) is 4.74 Å². The van der Waals surface area contributed by atoms with Crippen LogP contribution in [0.4, 0.5) is 10.5 Å². The zero-order chi connectivity index (χ0) is 17.1. The highest BCUT2D eigenvalue weighted by Gasteiger charge is 2.00. The highest BCUT2D eigenvalue weighted by molar-refractivity contribution is 9.10. The number of amides is 1. The average molecular weight is 378 g/mol.